The molecule has 0 radical (unpaired) electrons. The summed E-state index contributed by atoms with van der Waals surface area (Å²) in [6.45, 7) is 0. The lowest BCUT2D eigenvalue weighted by Crippen LogP contribution is -1.92. The number of hydrogen-bond donors (Lipinski definition) is 2. The normalized spacial score (nSPS) is 11.4. The molecule has 3 aromatic rings. The summed E-state index contributed by atoms with van der Waals surface area (Å²) in [5.41, 5.74) is 14.0. The quantitative estimate of drug-likeness (QED) is 0.745. The summed E-state index contributed by atoms with van der Waals surface area (Å²) < 4.78 is 1.08. The molecule has 0 saturated heterocycles. The average Bonchev–Trinajstić information content (AvgIpc) is 2.77. The van der Waals surface area contributed by atoms with Gasteiger partial charge in [0.1, 0.15) is 0 Å². The Morgan fingerprint density at radius 3 is 2.53 bits per heavy atom. The summed E-state index contributed by atoms with van der Waals surface area (Å²) in [5, 5.41) is 0.586. The Morgan fingerprint density at radius 1 is 1.00 bits per heavy atom. The first-order chi connectivity index (χ1) is 9.20. The summed E-state index contributed by atoms with van der Waals surface area (Å²) >= 11 is 1.48. The van der Waals surface area contributed by atoms with Crippen LogP contribution in [0.3, 0.4) is 0 Å². The molecule has 0 unspecified atom stereocenters. The van der Waals surface area contributed by atoms with E-state index in [0.29, 0.717) is 5.13 Å². The molecule has 3 rings (SSSR count). The summed E-state index contributed by atoms with van der Waals surface area (Å²) in [6, 6.07) is 6.01. The maximum absolute atomic E-state index is 5.68. The zero-order valence-corrected chi connectivity index (χ0v) is 10.8. The molecule has 0 bridgehead atoms. The van der Waals surface area contributed by atoms with E-state index in [1.807, 2.05) is 24.3 Å². The second-order valence-corrected chi connectivity index (χ2v) is 5.05. The Hall–Kier alpha value is -2.47. The topological polar surface area (TPSA) is 90.7 Å². The number of nitrogens with zero attached hydrogens (tertiary/aromatic N) is 3. The van der Waals surface area contributed by atoms with Crippen LogP contribution >= 0.6 is 11.3 Å². The van der Waals surface area contributed by atoms with Crippen molar-refractivity contribution in [3.63, 3.8) is 0 Å². The zero-order valence-electron chi connectivity index (χ0n) is 9.95. The first-order valence-corrected chi connectivity index (χ1v) is 6.44. The maximum atomic E-state index is 5.68. The van der Waals surface area contributed by atoms with Gasteiger partial charge in [-0.15, -0.1) is 0 Å². The van der Waals surface area contributed by atoms with Gasteiger partial charge in [-0.2, -0.15) is 0 Å². The summed E-state index contributed by atoms with van der Waals surface area (Å²) in [5.74, 6) is 0.277. The largest absolute Gasteiger partial charge is 0.375 e. The van der Waals surface area contributed by atoms with Gasteiger partial charge < -0.3 is 11.5 Å². The van der Waals surface area contributed by atoms with Crippen molar-refractivity contribution in [1.29, 1.82) is 0 Å². The van der Waals surface area contributed by atoms with Gasteiger partial charge in [-0.05, 0) is 17.7 Å². The third kappa shape index (κ3) is 2.53. The van der Waals surface area contributed by atoms with Crippen LogP contribution in [0.5, 0.6) is 0 Å². The van der Waals surface area contributed by atoms with Crippen molar-refractivity contribution in [2.75, 3.05) is 11.5 Å². The summed E-state index contributed by atoms with van der Waals surface area (Å²) in [6.07, 6.45) is 7.29. The van der Waals surface area contributed by atoms with Crippen molar-refractivity contribution in [1.82, 2.24) is 15.0 Å². The fourth-order valence-corrected chi connectivity index (χ4v) is 2.47. The summed E-state index contributed by atoms with van der Waals surface area (Å²) in [7, 11) is 0. The number of anilines is 2. The van der Waals surface area contributed by atoms with Gasteiger partial charge in [-0.25, -0.2) is 15.0 Å². The molecule has 2 aromatic heterocycles. The van der Waals surface area contributed by atoms with Crippen LogP contribution in [-0.4, -0.2) is 15.0 Å². The van der Waals surface area contributed by atoms with Gasteiger partial charge in [0.05, 0.1) is 10.2 Å². The first kappa shape index (κ1) is 11.6. The van der Waals surface area contributed by atoms with Crippen molar-refractivity contribution in [2.24, 2.45) is 0 Å². The number of nitrogens with two attached hydrogens (primary N) is 2. The maximum Gasteiger partial charge on any atom is 0.219 e. The Morgan fingerprint density at radius 2 is 1.74 bits per heavy atom. The number of rotatable bonds is 2. The number of fused-ring (bicyclic) bond motifs is 1. The van der Waals surface area contributed by atoms with Crippen molar-refractivity contribution >= 4 is 44.8 Å². The summed E-state index contributed by atoms with van der Waals surface area (Å²) in [4.78, 5) is 12.1. The second-order valence-electron chi connectivity index (χ2n) is 3.99. The Kier molecular flexibility index (Phi) is 2.85. The van der Waals surface area contributed by atoms with Crippen LogP contribution in [0.4, 0.5) is 11.1 Å². The van der Waals surface area contributed by atoms with Gasteiger partial charge in [-0.1, -0.05) is 29.6 Å². The molecule has 5 nitrogen and oxygen atoms in total. The highest BCUT2D eigenvalue weighted by Crippen LogP contribution is 2.25. The lowest BCUT2D eigenvalue weighted by atomic mass is 10.2. The van der Waals surface area contributed by atoms with Gasteiger partial charge in [0.2, 0.25) is 5.95 Å². The van der Waals surface area contributed by atoms with E-state index in [0.717, 1.165) is 21.3 Å². The van der Waals surface area contributed by atoms with E-state index < -0.39 is 0 Å². The number of nitrogen functional groups attached to an aromatic ring is 2. The molecule has 0 aliphatic rings. The van der Waals surface area contributed by atoms with E-state index in [-0.39, 0.29) is 5.95 Å². The third-order valence-corrected chi connectivity index (χ3v) is 3.44. The molecule has 0 aliphatic heterocycles. The minimum Gasteiger partial charge on any atom is -0.375 e. The van der Waals surface area contributed by atoms with Crippen LogP contribution < -0.4 is 11.5 Å². The van der Waals surface area contributed by atoms with Gasteiger partial charge in [-0.3, -0.25) is 0 Å². The van der Waals surface area contributed by atoms with Gasteiger partial charge in [0, 0.05) is 18.0 Å². The van der Waals surface area contributed by atoms with Crippen molar-refractivity contribution in [3.05, 3.63) is 41.7 Å². The molecule has 4 N–H and O–H groups in total. The average molecular weight is 269 g/mol. The van der Waals surface area contributed by atoms with E-state index in [1.54, 1.807) is 12.4 Å². The second kappa shape index (κ2) is 4.66. The molecule has 1 aromatic carbocycles. The van der Waals surface area contributed by atoms with Crippen LogP contribution in [-0.2, 0) is 0 Å². The number of thiazole rings is 1. The molecule has 0 aliphatic carbocycles. The van der Waals surface area contributed by atoms with E-state index in [9.17, 15) is 0 Å². The minimum atomic E-state index is 0.277. The van der Waals surface area contributed by atoms with E-state index in [4.69, 9.17) is 11.5 Å². The molecule has 6 heteroatoms. The third-order valence-electron chi connectivity index (χ3n) is 2.59. The molecule has 0 fully saturated rings. The molecular formula is C13H11N5S. The number of aromatic nitrogens is 3. The fourth-order valence-electron chi connectivity index (χ4n) is 1.69. The Labute approximate surface area is 113 Å². The highest BCUT2D eigenvalue weighted by Gasteiger charge is 2.00. The van der Waals surface area contributed by atoms with Crippen LogP contribution in [0.2, 0.25) is 0 Å². The molecule has 2 heterocycles. The Bertz CT molecular complexity index is 745. The van der Waals surface area contributed by atoms with Crippen LogP contribution in [0.1, 0.15) is 11.1 Å². The first-order valence-electron chi connectivity index (χ1n) is 5.62. The molecular weight excluding hydrogens is 258 g/mol. The molecule has 94 valence electrons. The van der Waals surface area contributed by atoms with E-state index >= 15 is 0 Å². The van der Waals surface area contributed by atoms with Crippen LogP contribution in [0.15, 0.2) is 30.6 Å². The molecule has 0 atom stereocenters. The van der Waals surface area contributed by atoms with Gasteiger partial charge in [0.15, 0.2) is 5.13 Å². The number of hydrogen-bond acceptors (Lipinski definition) is 6. The van der Waals surface area contributed by atoms with E-state index in [1.165, 1.54) is 11.3 Å². The predicted molar refractivity (Wildman–Crippen MR) is 79.4 cm³/mol. The smallest absolute Gasteiger partial charge is 0.219 e. The van der Waals surface area contributed by atoms with Crippen LogP contribution in [0, 0.1) is 0 Å². The SMILES string of the molecule is Nc1ncc(/C=C/c2ccc3nc(N)sc3c2)cn1. The zero-order chi connectivity index (χ0) is 13.2. The van der Waals surface area contributed by atoms with E-state index in [2.05, 4.69) is 21.0 Å². The van der Waals surface area contributed by atoms with Crippen LogP contribution in [0.25, 0.3) is 22.4 Å². The lowest BCUT2D eigenvalue weighted by molar-refractivity contribution is 1.18. The number of benzene rings is 1. The highest BCUT2D eigenvalue weighted by molar-refractivity contribution is 7.22. The Balaban J connectivity index is 1.89. The predicted octanol–water partition coefficient (Wildman–Crippen LogP) is 2.42. The van der Waals surface area contributed by atoms with Crippen molar-refractivity contribution in [2.45, 2.75) is 0 Å². The fraction of sp³-hybridized carbons (Fsp3) is 0. The molecule has 0 saturated carbocycles. The minimum absolute atomic E-state index is 0.277. The monoisotopic (exact) mass is 269 g/mol. The van der Waals surface area contributed by atoms with Gasteiger partial charge in [0.25, 0.3) is 0 Å². The molecule has 19 heavy (non-hydrogen) atoms. The van der Waals surface area contributed by atoms with Crippen molar-refractivity contribution < 1.29 is 0 Å². The standard InChI is InChI=1S/C13H11N5S/c14-12-16-6-9(7-17-12)2-1-8-3-4-10-11(5-8)19-13(15)18-10/h1-7H,(H2,15,18)(H2,14,16,17)/b2-1+. The molecule has 0 spiro atoms. The highest BCUT2D eigenvalue weighted by atomic mass is 32.1. The van der Waals surface area contributed by atoms with Crippen molar-refractivity contribution in [3.8, 4) is 0 Å². The van der Waals surface area contributed by atoms with Gasteiger partial charge >= 0.3 is 0 Å². The molecule has 0 amide bonds. The lowest BCUT2D eigenvalue weighted by Gasteiger charge is -1.95.